The second kappa shape index (κ2) is 6.68. The molecule has 0 aliphatic rings. The molecule has 2 aromatic rings. The first-order chi connectivity index (χ1) is 9.97. The highest BCUT2D eigenvalue weighted by atomic mass is 35.5. The number of amides is 1. The van der Waals surface area contributed by atoms with E-state index >= 15 is 0 Å². The minimum Gasteiger partial charge on any atom is -0.349 e. The maximum Gasteiger partial charge on any atom is 0.225 e. The van der Waals surface area contributed by atoms with Crippen LogP contribution < -0.4 is 5.32 Å². The molecule has 0 radical (unpaired) electrons. The van der Waals surface area contributed by atoms with Gasteiger partial charge in [-0.3, -0.25) is 4.79 Å². The van der Waals surface area contributed by atoms with Crippen LogP contribution in [0.1, 0.15) is 24.1 Å². The number of nitrogens with one attached hydrogen (secondary N) is 1. The summed E-state index contributed by atoms with van der Waals surface area (Å²) in [6, 6.07) is 9.82. The van der Waals surface area contributed by atoms with Gasteiger partial charge in [0.05, 0.1) is 12.5 Å². The van der Waals surface area contributed by atoms with E-state index < -0.39 is 5.82 Å². The predicted octanol–water partition coefficient (Wildman–Crippen LogP) is 4.04. The van der Waals surface area contributed by atoms with Crippen LogP contribution in [0.2, 0.25) is 5.02 Å². The molecule has 0 spiro atoms. The van der Waals surface area contributed by atoms with Gasteiger partial charge in [0, 0.05) is 10.6 Å². The third-order valence-electron chi connectivity index (χ3n) is 3.15. The minimum atomic E-state index is -0.507. The van der Waals surface area contributed by atoms with Gasteiger partial charge in [-0.25, -0.2) is 8.78 Å². The molecule has 0 aliphatic carbocycles. The first kappa shape index (κ1) is 15.4. The Morgan fingerprint density at radius 3 is 2.48 bits per heavy atom. The summed E-state index contributed by atoms with van der Waals surface area (Å²) in [7, 11) is 0. The van der Waals surface area contributed by atoms with Crippen LogP contribution in [0.15, 0.2) is 42.5 Å². The highest BCUT2D eigenvalue weighted by Gasteiger charge is 2.14. The van der Waals surface area contributed by atoms with E-state index in [1.54, 1.807) is 19.1 Å². The molecular weight excluding hydrogens is 296 g/mol. The summed E-state index contributed by atoms with van der Waals surface area (Å²) in [6.07, 6.45) is -0.142. The molecule has 2 aromatic carbocycles. The van der Waals surface area contributed by atoms with Crippen LogP contribution in [-0.2, 0) is 11.2 Å². The van der Waals surface area contributed by atoms with Crippen LogP contribution in [0.3, 0.4) is 0 Å². The third-order valence-corrected chi connectivity index (χ3v) is 3.50. The highest BCUT2D eigenvalue weighted by Crippen LogP contribution is 2.20. The summed E-state index contributed by atoms with van der Waals surface area (Å²) in [5.74, 6) is -1.19. The Balaban J connectivity index is 2.03. The van der Waals surface area contributed by atoms with E-state index in [0.717, 1.165) is 5.56 Å². The van der Waals surface area contributed by atoms with E-state index in [-0.39, 0.29) is 34.8 Å². The van der Waals surface area contributed by atoms with Crippen molar-refractivity contribution in [2.45, 2.75) is 19.4 Å². The van der Waals surface area contributed by atoms with Crippen LogP contribution in [0.4, 0.5) is 8.78 Å². The molecule has 0 saturated carbocycles. The van der Waals surface area contributed by atoms with E-state index in [2.05, 4.69) is 5.32 Å². The largest absolute Gasteiger partial charge is 0.349 e. The summed E-state index contributed by atoms with van der Waals surface area (Å²) in [6.45, 7) is 1.77. The van der Waals surface area contributed by atoms with Gasteiger partial charge in [-0.15, -0.1) is 0 Å². The summed E-state index contributed by atoms with van der Waals surface area (Å²) >= 11 is 5.88. The number of rotatable bonds is 4. The highest BCUT2D eigenvalue weighted by molar-refractivity contribution is 6.31. The molecule has 2 nitrogen and oxygen atoms in total. The molecule has 21 heavy (non-hydrogen) atoms. The molecule has 1 atom stereocenters. The number of benzene rings is 2. The van der Waals surface area contributed by atoms with E-state index in [4.69, 9.17) is 11.6 Å². The zero-order chi connectivity index (χ0) is 15.4. The van der Waals surface area contributed by atoms with Crippen molar-refractivity contribution in [3.05, 3.63) is 70.2 Å². The first-order valence-corrected chi connectivity index (χ1v) is 6.83. The summed E-state index contributed by atoms with van der Waals surface area (Å²) < 4.78 is 26.5. The van der Waals surface area contributed by atoms with Crippen molar-refractivity contribution in [2.75, 3.05) is 0 Å². The molecule has 2 rings (SSSR count). The van der Waals surface area contributed by atoms with Crippen molar-refractivity contribution in [1.82, 2.24) is 5.32 Å². The second-order valence-corrected chi connectivity index (χ2v) is 5.12. The van der Waals surface area contributed by atoms with E-state index in [1.165, 1.54) is 30.3 Å². The standard InChI is InChI=1S/C16H14ClF2NO/c1-10(11-5-7-12(18)8-6-11)20-16(21)9-13-14(17)3-2-4-15(13)19/h2-8,10H,9H2,1H3,(H,20,21). The minimum absolute atomic E-state index is 0.142. The van der Waals surface area contributed by atoms with Gasteiger partial charge in [0.1, 0.15) is 11.6 Å². The lowest BCUT2D eigenvalue weighted by molar-refractivity contribution is -0.121. The molecule has 0 fully saturated rings. The Kier molecular flexibility index (Phi) is 4.91. The van der Waals surface area contributed by atoms with Crippen molar-refractivity contribution in [1.29, 1.82) is 0 Å². The second-order valence-electron chi connectivity index (χ2n) is 4.72. The lowest BCUT2D eigenvalue weighted by atomic mass is 10.1. The topological polar surface area (TPSA) is 29.1 Å². The Morgan fingerprint density at radius 2 is 1.86 bits per heavy atom. The SMILES string of the molecule is CC(NC(=O)Cc1c(F)cccc1Cl)c1ccc(F)cc1. The van der Waals surface area contributed by atoms with Gasteiger partial charge in [0.2, 0.25) is 5.91 Å². The quantitative estimate of drug-likeness (QED) is 0.907. The van der Waals surface area contributed by atoms with Crippen molar-refractivity contribution in [3.8, 4) is 0 Å². The fourth-order valence-electron chi connectivity index (χ4n) is 1.99. The Hall–Kier alpha value is -1.94. The van der Waals surface area contributed by atoms with Crippen molar-refractivity contribution in [3.63, 3.8) is 0 Å². The van der Waals surface area contributed by atoms with Gasteiger partial charge < -0.3 is 5.32 Å². The Bertz CT molecular complexity index is 623. The van der Waals surface area contributed by atoms with Gasteiger partial charge in [0.25, 0.3) is 0 Å². The maximum absolute atomic E-state index is 13.6. The van der Waals surface area contributed by atoms with Crippen molar-refractivity contribution < 1.29 is 13.6 Å². The van der Waals surface area contributed by atoms with Crippen molar-refractivity contribution >= 4 is 17.5 Å². The fraction of sp³-hybridized carbons (Fsp3) is 0.188. The maximum atomic E-state index is 13.6. The normalized spacial score (nSPS) is 12.0. The zero-order valence-electron chi connectivity index (χ0n) is 11.4. The fourth-order valence-corrected chi connectivity index (χ4v) is 2.22. The van der Waals surface area contributed by atoms with Gasteiger partial charge >= 0.3 is 0 Å². The summed E-state index contributed by atoms with van der Waals surface area (Å²) in [4.78, 5) is 12.0. The third kappa shape index (κ3) is 4.02. The van der Waals surface area contributed by atoms with Crippen LogP contribution in [0.5, 0.6) is 0 Å². The molecular formula is C16H14ClF2NO. The van der Waals surface area contributed by atoms with Crippen molar-refractivity contribution in [2.24, 2.45) is 0 Å². The number of carbonyl (C=O) groups is 1. The molecule has 0 aromatic heterocycles. The summed E-state index contributed by atoms with van der Waals surface area (Å²) in [5, 5.41) is 2.95. The first-order valence-electron chi connectivity index (χ1n) is 6.45. The van der Waals surface area contributed by atoms with Crippen LogP contribution in [-0.4, -0.2) is 5.91 Å². The van der Waals surface area contributed by atoms with Crippen LogP contribution in [0, 0.1) is 11.6 Å². The Labute approximate surface area is 126 Å². The van der Waals surface area contributed by atoms with E-state index in [9.17, 15) is 13.6 Å². The molecule has 0 saturated heterocycles. The van der Waals surface area contributed by atoms with Gasteiger partial charge in [-0.05, 0) is 36.8 Å². The molecule has 110 valence electrons. The number of halogens is 3. The van der Waals surface area contributed by atoms with Gasteiger partial charge in [-0.1, -0.05) is 29.8 Å². The van der Waals surface area contributed by atoms with Gasteiger partial charge in [-0.2, -0.15) is 0 Å². The molecule has 0 aliphatic heterocycles. The zero-order valence-corrected chi connectivity index (χ0v) is 12.1. The lowest BCUT2D eigenvalue weighted by Crippen LogP contribution is -2.28. The monoisotopic (exact) mass is 309 g/mol. The van der Waals surface area contributed by atoms with E-state index in [1.807, 2.05) is 0 Å². The molecule has 0 bridgehead atoms. The number of hydrogen-bond donors (Lipinski definition) is 1. The average Bonchev–Trinajstić information content (AvgIpc) is 2.43. The van der Waals surface area contributed by atoms with Crippen LogP contribution >= 0.6 is 11.6 Å². The smallest absolute Gasteiger partial charge is 0.225 e. The molecule has 1 amide bonds. The van der Waals surface area contributed by atoms with Crippen LogP contribution in [0.25, 0.3) is 0 Å². The molecule has 5 heteroatoms. The molecule has 0 heterocycles. The number of carbonyl (C=O) groups excluding carboxylic acids is 1. The Morgan fingerprint density at radius 1 is 1.19 bits per heavy atom. The van der Waals surface area contributed by atoms with E-state index in [0.29, 0.717) is 0 Å². The molecule has 1 unspecified atom stereocenters. The average molecular weight is 310 g/mol. The van der Waals surface area contributed by atoms with Gasteiger partial charge in [0.15, 0.2) is 0 Å². The summed E-state index contributed by atoms with van der Waals surface area (Å²) in [5.41, 5.74) is 0.937. The predicted molar refractivity (Wildman–Crippen MR) is 78.1 cm³/mol. The molecule has 1 N–H and O–H groups in total. The number of hydrogen-bond acceptors (Lipinski definition) is 1. The lowest BCUT2D eigenvalue weighted by Gasteiger charge is -2.15.